The van der Waals surface area contributed by atoms with E-state index in [1.807, 2.05) is 68.4 Å². The maximum atomic E-state index is 12.8. The number of hydrogen-bond donors (Lipinski definition) is 3. The van der Waals surface area contributed by atoms with Gasteiger partial charge in [0.15, 0.2) is 10.2 Å². The fourth-order valence-corrected chi connectivity index (χ4v) is 5.27. The van der Waals surface area contributed by atoms with E-state index in [-0.39, 0.29) is 11.2 Å². The Kier molecular flexibility index (Phi) is 8.17. The van der Waals surface area contributed by atoms with Crippen LogP contribution in [0.1, 0.15) is 17.4 Å². The number of thiazole rings is 1. The van der Waals surface area contributed by atoms with Crippen molar-refractivity contribution in [3.63, 3.8) is 0 Å². The molecule has 4 rings (SSSR count). The van der Waals surface area contributed by atoms with E-state index in [1.165, 1.54) is 28.7 Å². The zero-order chi connectivity index (χ0) is 24.8. The largest absolute Gasteiger partial charge is 0.332 e. The van der Waals surface area contributed by atoms with Gasteiger partial charge in [-0.05, 0) is 69.4 Å². The van der Waals surface area contributed by atoms with Crippen molar-refractivity contribution in [2.24, 2.45) is 0 Å². The third kappa shape index (κ3) is 6.91. The minimum absolute atomic E-state index is 0.0744. The van der Waals surface area contributed by atoms with E-state index in [2.05, 4.69) is 52.1 Å². The second-order valence-electron chi connectivity index (χ2n) is 8.01. The number of nitrogens with zero attached hydrogens (tertiary/aromatic N) is 1. The van der Waals surface area contributed by atoms with Gasteiger partial charge in [0, 0.05) is 26.7 Å². The summed E-state index contributed by atoms with van der Waals surface area (Å²) >= 11 is 8.37. The number of nitrogens with one attached hydrogen (secondary N) is 3. The molecule has 0 aliphatic carbocycles. The molecule has 0 aliphatic rings. The third-order valence-electron chi connectivity index (χ3n) is 5.18. The van der Waals surface area contributed by atoms with E-state index in [9.17, 15) is 4.79 Å². The smallest absolute Gasteiger partial charge is 0.239 e. The number of hydrogen-bond acceptors (Lipinski definition) is 5. The van der Waals surface area contributed by atoms with Crippen molar-refractivity contribution in [3.05, 3.63) is 89.3 Å². The van der Waals surface area contributed by atoms with Crippen LogP contribution in [0.25, 0.3) is 11.3 Å². The Hall–Kier alpha value is -3.20. The lowest BCUT2D eigenvalue weighted by molar-refractivity contribution is -0.115. The molecular formula is C27H26N4OS3. The molecule has 0 aliphatic heterocycles. The Morgan fingerprint density at radius 3 is 2.17 bits per heavy atom. The minimum Gasteiger partial charge on any atom is -0.332 e. The van der Waals surface area contributed by atoms with Crippen molar-refractivity contribution in [1.29, 1.82) is 0 Å². The van der Waals surface area contributed by atoms with Crippen LogP contribution in [-0.2, 0) is 4.79 Å². The Bertz CT molecular complexity index is 1300. The highest BCUT2D eigenvalue weighted by Crippen LogP contribution is 2.31. The van der Waals surface area contributed by atoms with Crippen LogP contribution in [0.3, 0.4) is 0 Å². The van der Waals surface area contributed by atoms with Crippen LogP contribution in [-0.4, -0.2) is 21.3 Å². The Balaban J connectivity index is 1.31. The van der Waals surface area contributed by atoms with E-state index in [0.29, 0.717) is 10.2 Å². The van der Waals surface area contributed by atoms with E-state index >= 15 is 0 Å². The van der Waals surface area contributed by atoms with Crippen molar-refractivity contribution in [1.82, 2.24) is 4.98 Å². The number of carbonyl (C=O) groups excluding carboxylic acids is 1. The van der Waals surface area contributed by atoms with E-state index < -0.39 is 0 Å². The van der Waals surface area contributed by atoms with Crippen molar-refractivity contribution in [2.45, 2.75) is 30.9 Å². The molecule has 1 atom stereocenters. The van der Waals surface area contributed by atoms with Crippen LogP contribution >= 0.6 is 35.3 Å². The zero-order valence-corrected chi connectivity index (χ0v) is 22.1. The maximum absolute atomic E-state index is 12.8. The Morgan fingerprint density at radius 1 is 0.886 bits per heavy atom. The summed E-state index contributed by atoms with van der Waals surface area (Å²) in [6.45, 7) is 5.98. The van der Waals surface area contributed by atoms with Gasteiger partial charge in [-0.15, -0.1) is 23.1 Å². The molecule has 1 aromatic heterocycles. The molecule has 178 valence electrons. The van der Waals surface area contributed by atoms with Gasteiger partial charge in [0.2, 0.25) is 5.91 Å². The molecule has 4 aromatic rings. The monoisotopic (exact) mass is 518 g/mol. The number of aryl methyl sites for hydroxylation is 2. The second kappa shape index (κ2) is 11.5. The average molecular weight is 519 g/mol. The van der Waals surface area contributed by atoms with Gasteiger partial charge in [-0.3, -0.25) is 4.79 Å². The SMILES string of the molecule is Cc1ccc(-c2nc(NC(=O)C(C)Sc3ccc(NC(=S)Nc4ccccc4)cc3)sc2C)cc1. The van der Waals surface area contributed by atoms with Gasteiger partial charge in [-0.25, -0.2) is 4.98 Å². The van der Waals surface area contributed by atoms with Crippen LogP contribution < -0.4 is 16.0 Å². The molecule has 5 nitrogen and oxygen atoms in total. The number of benzene rings is 3. The van der Waals surface area contributed by atoms with Gasteiger partial charge in [0.05, 0.1) is 10.9 Å². The summed E-state index contributed by atoms with van der Waals surface area (Å²) in [5.74, 6) is -0.0744. The van der Waals surface area contributed by atoms with E-state index in [1.54, 1.807) is 0 Å². The first kappa shape index (κ1) is 24.9. The van der Waals surface area contributed by atoms with E-state index in [4.69, 9.17) is 12.2 Å². The van der Waals surface area contributed by atoms with Crippen LogP contribution in [0.2, 0.25) is 0 Å². The van der Waals surface area contributed by atoms with Gasteiger partial charge in [-0.1, -0.05) is 48.0 Å². The molecule has 3 N–H and O–H groups in total. The van der Waals surface area contributed by atoms with Crippen molar-refractivity contribution in [2.75, 3.05) is 16.0 Å². The Labute approximate surface area is 219 Å². The Morgan fingerprint density at radius 2 is 1.51 bits per heavy atom. The predicted octanol–water partition coefficient (Wildman–Crippen LogP) is 7.36. The number of thiocarbonyl (C=S) groups is 1. The molecule has 1 amide bonds. The summed E-state index contributed by atoms with van der Waals surface area (Å²) in [5.41, 5.74) is 4.98. The molecule has 0 radical (unpaired) electrons. The molecule has 0 spiro atoms. The predicted molar refractivity (Wildman–Crippen MR) is 154 cm³/mol. The highest BCUT2D eigenvalue weighted by molar-refractivity contribution is 8.00. The lowest BCUT2D eigenvalue weighted by atomic mass is 10.1. The van der Waals surface area contributed by atoms with Gasteiger partial charge in [-0.2, -0.15) is 0 Å². The van der Waals surface area contributed by atoms with Crippen LogP contribution in [0, 0.1) is 13.8 Å². The number of carbonyl (C=O) groups is 1. The number of rotatable bonds is 7. The molecular weight excluding hydrogens is 493 g/mol. The lowest BCUT2D eigenvalue weighted by Crippen LogP contribution is -2.22. The normalized spacial score (nSPS) is 11.5. The van der Waals surface area contributed by atoms with Crippen molar-refractivity contribution >= 4 is 62.8 Å². The van der Waals surface area contributed by atoms with Crippen molar-refractivity contribution in [3.8, 4) is 11.3 Å². The van der Waals surface area contributed by atoms with Gasteiger partial charge >= 0.3 is 0 Å². The molecule has 0 bridgehead atoms. The summed E-state index contributed by atoms with van der Waals surface area (Å²) in [4.78, 5) is 19.5. The zero-order valence-electron chi connectivity index (χ0n) is 19.7. The first-order valence-corrected chi connectivity index (χ1v) is 13.2. The molecule has 1 heterocycles. The van der Waals surface area contributed by atoms with E-state index in [0.717, 1.165) is 32.4 Å². The number of anilines is 3. The van der Waals surface area contributed by atoms with Gasteiger partial charge in [0.25, 0.3) is 0 Å². The molecule has 0 saturated carbocycles. The quantitative estimate of drug-likeness (QED) is 0.175. The number of aromatic nitrogens is 1. The highest BCUT2D eigenvalue weighted by atomic mass is 32.2. The molecule has 1 unspecified atom stereocenters. The standard InChI is InChI=1S/C27H26N4OS3/c1-17-9-11-20(12-10-17)24-18(2)35-27(30-24)31-25(32)19(3)34-23-15-13-22(14-16-23)29-26(33)28-21-7-5-4-6-8-21/h4-16,19H,1-3H3,(H2,28,29,33)(H,30,31,32). The summed E-state index contributed by atoms with van der Waals surface area (Å²) in [7, 11) is 0. The number of thioether (sulfide) groups is 1. The summed E-state index contributed by atoms with van der Waals surface area (Å²) in [6.07, 6.45) is 0. The third-order valence-corrected chi connectivity index (χ3v) is 7.38. The fourth-order valence-electron chi connectivity index (χ4n) is 3.33. The first-order valence-electron chi connectivity index (χ1n) is 11.1. The number of amides is 1. The topological polar surface area (TPSA) is 66.0 Å². The molecule has 3 aromatic carbocycles. The fraction of sp³-hybridized carbons (Fsp3) is 0.148. The molecule has 0 fully saturated rings. The molecule has 35 heavy (non-hydrogen) atoms. The first-order chi connectivity index (χ1) is 16.9. The summed E-state index contributed by atoms with van der Waals surface area (Å²) in [6, 6.07) is 25.9. The lowest BCUT2D eigenvalue weighted by Gasteiger charge is -2.12. The summed E-state index contributed by atoms with van der Waals surface area (Å²) in [5, 5.41) is 10.2. The maximum Gasteiger partial charge on any atom is 0.239 e. The molecule has 8 heteroatoms. The van der Waals surface area contributed by atoms with Crippen LogP contribution in [0.4, 0.5) is 16.5 Å². The van der Waals surface area contributed by atoms with Gasteiger partial charge < -0.3 is 16.0 Å². The van der Waals surface area contributed by atoms with Gasteiger partial charge in [0.1, 0.15) is 0 Å². The van der Waals surface area contributed by atoms with Crippen LogP contribution in [0.5, 0.6) is 0 Å². The summed E-state index contributed by atoms with van der Waals surface area (Å²) < 4.78 is 0. The number of para-hydroxylation sites is 1. The van der Waals surface area contributed by atoms with Crippen molar-refractivity contribution < 1.29 is 4.79 Å². The second-order valence-corrected chi connectivity index (χ2v) is 11.0. The minimum atomic E-state index is -0.276. The average Bonchev–Trinajstić information content (AvgIpc) is 3.21. The highest BCUT2D eigenvalue weighted by Gasteiger charge is 2.18. The van der Waals surface area contributed by atoms with Crippen LogP contribution in [0.15, 0.2) is 83.8 Å². The molecule has 0 saturated heterocycles.